The van der Waals surface area contributed by atoms with E-state index in [0.717, 1.165) is 0 Å². The van der Waals surface area contributed by atoms with Gasteiger partial charge in [-0.05, 0) is 24.3 Å². The second-order valence-corrected chi connectivity index (χ2v) is 9.85. The van der Waals surface area contributed by atoms with Crippen LogP contribution in [-0.4, -0.2) is 25.5 Å². The average molecular weight is 530 g/mol. The molecule has 0 saturated heterocycles. The topological polar surface area (TPSA) is 92.7 Å². The number of hydrogen-bond donors (Lipinski definition) is 2. The van der Waals surface area contributed by atoms with Gasteiger partial charge in [0.2, 0.25) is 0 Å². The molecule has 0 bridgehead atoms. The molecule has 27 heavy (non-hydrogen) atoms. The number of benzene rings is 2. The first-order valence-corrected chi connectivity index (χ1v) is 11.2. The quantitative estimate of drug-likeness (QED) is 0.156. The Balaban J connectivity index is 0.000000483. The molecule has 2 aromatic rings. The number of hydrogen-bond acceptors (Lipinski definition) is 7. The average Bonchev–Trinajstić information content (AvgIpc) is 2.55. The van der Waals surface area contributed by atoms with Crippen molar-refractivity contribution in [1.82, 2.24) is 4.72 Å². The maximum Gasteiger partial charge on any atom is 2.00 e. The van der Waals surface area contributed by atoms with Crippen LogP contribution < -0.4 is 4.72 Å². The Bertz CT molecular complexity index is 977. The van der Waals surface area contributed by atoms with Crippen molar-refractivity contribution in [1.29, 1.82) is 0 Å². The molecule has 0 amide bonds. The summed E-state index contributed by atoms with van der Waals surface area (Å²) in [5.41, 5.74) is 0. The van der Waals surface area contributed by atoms with Crippen molar-refractivity contribution in [2.45, 2.75) is 9.79 Å². The summed E-state index contributed by atoms with van der Waals surface area (Å²) < 4.78 is 50.4. The SMILES string of the molecule is O=S(=O)(N=C([S-])[S-])c1ccccc1.O=S(=O)(NC(=S)S)c1ccccc1.[Zn+2]. The van der Waals surface area contributed by atoms with Gasteiger partial charge in [-0.2, -0.15) is 8.42 Å². The van der Waals surface area contributed by atoms with Crippen LogP contribution in [0, 0.1) is 0 Å². The minimum atomic E-state index is -3.68. The van der Waals surface area contributed by atoms with Gasteiger partial charge in [0.15, 0.2) is 0 Å². The van der Waals surface area contributed by atoms with Crippen LogP contribution in [0.2, 0.25) is 0 Å². The van der Waals surface area contributed by atoms with Gasteiger partial charge in [0, 0.05) is 0 Å². The molecule has 0 atom stereocenters. The molecule has 1 N–H and O–H groups in total. The Hall–Kier alpha value is -0.687. The van der Waals surface area contributed by atoms with E-state index in [1.54, 1.807) is 36.4 Å². The van der Waals surface area contributed by atoms with Crippen molar-refractivity contribution in [2.75, 3.05) is 0 Å². The van der Waals surface area contributed by atoms with Crippen LogP contribution in [0.1, 0.15) is 0 Å². The van der Waals surface area contributed by atoms with E-state index >= 15 is 0 Å². The largest absolute Gasteiger partial charge is 2.00 e. The van der Waals surface area contributed by atoms with Crippen LogP contribution in [0.5, 0.6) is 0 Å². The summed E-state index contributed by atoms with van der Waals surface area (Å²) >= 11 is 17.0. The molecule has 0 aliphatic carbocycles. The zero-order valence-electron chi connectivity index (χ0n) is 13.5. The molecule has 0 saturated carbocycles. The molecule has 2 aromatic carbocycles. The first-order chi connectivity index (χ1) is 12.0. The van der Waals surface area contributed by atoms with Gasteiger partial charge in [-0.1, -0.05) is 48.6 Å². The molecule has 0 fully saturated rings. The monoisotopic (exact) mass is 528 g/mol. The number of sulfonamides is 2. The normalized spacial score (nSPS) is 10.4. The Morgan fingerprint density at radius 2 is 1.30 bits per heavy atom. The van der Waals surface area contributed by atoms with E-state index < -0.39 is 20.0 Å². The molecule has 140 valence electrons. The van der Waals surface area contributed by atoms with Crippen LogP contribution in [-0.2, 0) is 64.8 Å². The van der Waals surface area contributed by atoms with Gasteiger partial charge in [0.05, 0.1) is 9.79 Å². The minimum Gasteiger partial charge on any atom is -0.788 e. The van der Waals surface area contributed by atoms with Crippen molar-refractivity contribution in [3.8, 4) is 0 Å². The van der Waals surface area contributed by atoms with E-state index in [0.29, 0.717) is 0 Å². The van der Waals surface area contributed by atoms with Crippen molar-refractivity contribution in [3.05, 3.63) is 60.7 Å². The first-order valence-electron chi connectivity index (χ1n) is 6.59. The number of nitrogens with zero attached hydrogens (tertiary/aromatic N) is 1. The third-order valence-electron chi connectivity index (χ3n) is 2.51. The number of thiocarbonyl (C=S) groups is 1. The Kier molecular flexibility index (Phi) is 11.7. The summed E-state index contributed by atoms with van der Waals surface area (Å²) in [5, 5.41) is 0. The predicted octanol–water partition coefficient (Wildman–Crippen LogP) is 2.00. The number of nitrogens with one attached hydrogen (secondary N) is 1. The molecule has 0 unspecified atom stereocenters. The third kappa shape index (κ3) is 9.88. The van der Waals surface area contributed by atoms with Gasteiger partial charge < -0.3 is 25.3 Å². The number of thiol groups is 1. The first kappa shape index (κ1) is 26.3. The van der Waals surface area contributed by atoms with Crippen molar-refractivity contribution in [2.24, 2.45) is 4.40 Å². The minimum absolute atomic E-state index is 0. The van der Waals surface area contributed by atoms with Gasteiger partial charge in [-0.25, -0.2) is 17.2 Å². The Morgan fingerprint density at radius 3 is 1.67 bits per heavy atom. The Labute approximate surface area is 193 Å². The number of rotatable bonds is 4. The molecule has 0 spiro atoms. The van der Waals surface area contributed by atoms with E-state index in [4.69, 9.17) is 0 Å². The van der Waals surface area contributed by atoms with Crippen LogP contribution in [0.25, 0.3) is 0 Å². The fourth-order valence-corrected chi connectivity index (χ4v) is 4.46. The van der Waals surface area contributed by atoms with Crippen molar-refractivity contribution < 1.29 is 36.3 Å². The molecule has 0 aliphatic rings. The van der Waals surface area contributed by atoms with Crippen LogP contribution in [0.4, 0.5) is 0 Å². The van der Waals surface area contributed by atoms with E-state index in [9.17, 15) is 16.8 Å². The molecule has 2 rings (SSSR count). The van der Waals surface area contributed by atoms with E-state index in [1.807, 2.05) is 0 Å². The van der Waals surface area contributed by atoms with Gasteiger partial charge in [-0.15, -0.1) is 12.6 Å². The molecule has 0 aliphatic heterocycles. The summed E-state index contributed by atoms with van der Waals surface area (Å²) in [6.45, 7) is 0. The Morgan fingerprint density at radius 1 is 0.889 bits per heavy atom. The second-order valence-electron chi connectivity index (χ2n) is 4.37. The summed E-state index contributed by atoms with van der Waals surface area (Å²) in [5.74, 6) is 0. The maximum absolute atomic E-state index is 11.4. The fraction of sp³-hybridized carbons (Fsp3) is 0. The van der Waals surface area contributed by atoms with Gasteiger partial charge in [0.1, 0.15) is 4.32 Å². The maximum atomic E-state index is 11.4. The molecular formula is C14H12N2O4S6Zn. The molecule has 6 nitrogen and oxygen atoms in total. The van der Waals surface area contributed by atoms with Gasteiger partial charge in [0.25, 0.3) is 20.0 Å². The van der Waals surface area contributed by atoms with E-state index in [-0.39, 0.29) is 38.0 Å². The molecule has 0 radical (unpaired) electrons. The molecule has 0 aromatic heterocycles. The van der Waals surface area contributed by atoms with Crippen LogP contribution in [0.3, 0.4) is 0 Å². The smallest absolute Gasteiger partial charge is 0.788 e. The predicted molar refractivity (Wildman–Crippen MR) is 114 cm³/mol. The van der Waals surface area contributed by atoms with Crippen molar-refractivity contribution in [3.63, 3.8) is 0 Å². The van der Waals surface area contributed by atoms with E-state index in [1.165, 1.54) is 24.3 Å². The van der Waals surface area contributed by atoms with Crippen LogP contribution in [0.15, 0.2) is 74.9 Å². The zero-order chi connectivity index (χ0) is 19.8. The van der Waals surface area contributed by atoms with Crippen molar-refractivity contribution >= 4 is 78.8 Å². The van der Waals surface area contributed by atoms with Gasteiger partial charge in [-0.3, -0.25) is 4.72 Å². The molecule has 0 heterocycles. The second kappa shape index (κ2) is 12.0. The molecular weight excluding hydrogens is 518 g/mol. The van der Waals surface area contributed by atoms with Crippen LogP contribution >= 0.6 is 24.8 Å². The van der Waals surface area contributed by atoms with E-state index in [2.05, 4.69) is 59.2 Å². The zero-order valence-corrected chi connectivity index (χ0v) is 21.5. The summed E-state index contributed by atoms with van der Waals surface area (Å²) in [7, 11) is -7.21. The van der Waals surface area contributed by atoms with Gasteiger partial charge >= 0.3 is 19.5 Å². The standard InChI is InChI=1S/2C7H7NO2S3.Zn/c2*9-13(10,8-7(11)12)6-4-2-1-3-5-6;/h2*1-5H,(H2,8,11,12);/q;;+2/p-2. The summed E-state index contributed by atoms with van der Waals surface area (Å²) in [6, 6.07) is 15.8. The summed E-state index contributed by atoms with van der Waals surface area (Å²) in [6.07, 6.45) is 0. The third-order valence-corrected chi connectivity index (χ3v) is 6.08. The molecule has 13 heteroatoms. The fourth-order valence-electron chi connectivity index (χ4n) is 1.52. The summed E-state index contributed by atoms with van der Waals surface area (Å²) in [4.78, 5) is 0.272.